The Morgan fingerprint density at radius 3 is 2.27 bits per heavy atom. The zero-order valence-electron chi connectivity index (χ0n) is 21.4. The quantitative estimate of drug-likeness (QED) is 0.312. The van der Waals surface area contributed by atoms with Gasteiger partial charge in [-0.15, -0.1) is 0 Å². The van der Waals surface area contributed by atoms with Gasteiger partial charge in [-0.25, -0.2) is 14.5 Å². The van der Waals surface area contributed by atoms with E-state index in [1.807, 2.05) is 25.7 Å². The number of amides is 4. The number of rotatable bonds is 8. The van der Waals surface area contributed by atoms with Crippen molar-refractivity contribution in [1.82, 2.24) is 15.1 Å². The Labute approximate surface area is 199 Å². The SMILES string of the molecule is CC(C)(C)OC(=O)NC1CCC(CN2C(=O)N(COCC[Si](C)(C)C)C(=O)C23CCC3)CC1. The maximum Gasteiger partial charge on any atom is 0.407 e. The third-order valence-electron chi connectivity index (χ3n) is 7.03. The Kier molecular flexibility index (Phi) is 7.83. The monoisotopic (exact) mass is 481 g/mol. The molecule has 1 saturated heterocycles. The summed E-state index contributed by atoms with van der Waals surface area (Å²) in [4.78, 5) is 41.6. The highest BCUT2D eigenvalue weighted by Gasteiger charge is 2.60. The van der Waals surface area contributed by atoms with Gasteiger partial charge in [0.15, 0.2) is 0 Å². The van der Waals surface area contributed by atoms with Crippen molar-refractivity contribution < 1.29 is 23.9 Å². The van der Waals surface area contributed by atoms with Crippen LogP contribution in [0, 0.1) is 5.92 Å². The van der Waals surface area contributed by atoms with Crippen LogP contribution >= 0.6 is 0 Å². The van der Waals surface area contributed by atoms with Crippen molar-refractivity contribution in [3.63, 3.8) is 0 Å². The van der Waals surface area contributed by atoms with Gasteiger partial charge in [-0.1, -0.05) is 19.6 Å². The van der Waals surface area contributed by atoms with Gasteiger partial charge in [-0.2, -0.15) is 0 Å². The molecule has 2 saturated carbocycles. The second kappa shape index (κ2) is 9.94. The molecule has 0 aromatic rings. The van der Waals surface area contributed by atoms with E-state index in [1.54, 1.807) is 0 Å². The minimum Gasteiger partial charge on any atom is -0.444 e. The average Bonchev–Trinajstić information content (AvgIpc) is 2.85. The molecule has 0 radical (unpaired) electrons. The maximum absolute atomic E-state index is 13.2. The van der Waals surface area contributed by atoms with Crippen LogP contribution in [0.15, 0.2) is 0 Å². The molecule has 0 aromatic carbocycles. The van der Waals surface area contributed by atoms with E-state index in [4.69, 9.17) is 9.47 Å². The molecule has 0 unspecified atom stereocenters. The van der Waals surface area contributed by atoms with Gasteiger partial charge < -0.3 is 19.7 Å². The normalized spacial score (nSPS) is 25.4. The van der Waals surface area contributed by atoms with Crippen LogP contribution in [0.4, 0.5) is 9.59 Å². The number of carbonyl (C=O) groups is 3. The molecule has 1 heterocycles. The van der Waals surface area contributed by atoms with Gasteiger partial charge >= 0.3 is 12.1 Å². The standard InChI is InChI=1S/C24H43N3O5Si/c1-23(2,3)32-21(29)25-19-10-8-18(9-11-19)16-27-22(30)26(17-31-14-15-33(4,5)6)20(28)24(27)12-7-13-24/h18-19H,7-17H2,1-6H3,(H,25,29). The largest absolute Gasteiger partial charge is 0.444 e. The molecule has 3 fully saturated rings. The molecule has 0 aromatic heterocycles. The number of alkyl carbamates (subject to hydrolysis) is 1. The van der Waals surface area contributed by atoms with Gasteiger partial charge in [0, 0.05) is 27.3 Å². The summed E-state index contributed by atoms with van der Waals surface area (Å²) in [5, 5.41) is 2.97. The predicted octanol–water partition coefficient (Wildman–Crippen LogP) is 4.57. The molecule has 1 aliphatic heterocycles. The molecule has 9 heteroatoms. The molecule has 3 aliphatic rings. The van der Waals surface area contributed by atoms with Crippen LogP contribution < -0.4 is 5.32 Å². The zero-order valence-corrected chi connectivity index (χ0v) is 22.4. The van der Waals surface area contributed by atoms with Gasteiger partial charge in [-0.05, 0) is 77.7 Å². The first-order chi connectivity index (χ1) is 15.3. The van der Waals surface area contributed by atoms with Crippen molar-refractivity contribution in [2.45, 2.75) is 109 Å². The highest BCUT2D eigenvalue weighted by molar-refractivity contribution is 6.76. The third kappa shape index (κ3) is 6.50. The Balaban J connectivity index is 1.51. The first-order valence-electron chi connectivity index (χ1n) is 12.5. The van der Waals surface area contributed by atoms with Crippen molar-refractivity contribution in [3.05, 3.63) is 0 Å². The summed E-state index contributed by atoms with van der Waals surface area (Å²) in [6, 6.07) is 0.918. The first-order valence-corrected chi connectivity index (χ1v) is 16.2. The Morgan fingerprint density at radius 1 is 1.12 bits per heavy atom. The van der Waals surface area contributed by atoms with E-state index < -0.39 is 19.2 Å². The lowest BCUT2D eigenvalue weighted by molar-refractivity contribution is -0.140. The van der Waals surface area contributed by atoms with Crippen LogP contribution in [0.2, 0.25) is 25.7 Å². The summed E-state index contributed by atoms with van der Waals surface area (Å²) in [7, 11) is -1.22. The average molecular weight is 482 g/mol. The molecule has 1 spiro atoms. The van der Waals surface area contributed by atoms with Gasteiger partial charge in [0.25, 0.3) is 5.91 Å². The molecule has 8 nitrogen and oxygen atoms in total. The zero-order chi connectivity index (χ0) is 24.4. The molecule has 33 heavy (non-hydrogen) atoms. The number of urea groups is 1. The van der Waals surface area contributed by atoms with Crippen molar-refractivity contribution in [3.8, 4) is 0 Å². The number of nitrogens with one attached hydrogen (secondary N) is 1. The fourth-order valence-electron chi connectivity index (χ4n) is 4.90. The van der Waals surface area contributed by atoms with Crippen LogP contribution in [0.25, 0.3) is 0 Å². The lowest BCUT2D eigenvalue weighted by atomic mass is 9.74. The smallest absolute Gasteiger partial charge is 0.407 e. The van der Waals surface area contributed by atoms with Gasteiger partial charge in [0.2, 0.25) is 0 Å². The molecule has 0 bridgehead atoms. The Bertz CT molecular complexity index is 733. The summed E-state index contributed by atoms with van der Waals surface area (Å²) in [5.74, 6) is 0.260. The Morgan fingerprint density at radius 2 is 1.76 bits per heavy atom. The molecule has 4 amide bonds. The lowest BCUT2D eigenvalue weighted by Crippen LogP contribution is -2.56. The van der Waals surface area contributed by atoms with Crippen LogP contribution in [0.1, 0.15) is 65.7 Å². The summed E-state index contributed by atoms with van der Waals surface area (Å²) in [6.45, 7) is 13.7. The summed E-state index contributed by atoms with van der Waals surface area (Å²) < 4.78 is 11.1. The third-order valence-corrected chi connectivity index (χ3v) is 8.73. The first kappa shape index (κ1) is 26.0. The van der Waals surface area contributed by atoms with Crippen LogP contribution in [-0.4, -0.2) is 73.0 Å². The minimum absolute atomic E-state index is 0.0624. The maximum atomic E-state index is 13.2. The van der Waals surface area contributed by atoms with E-state index in [-0.39, 0.29) is 30.8 Å². The van der Waals surface area contributed by atoms with Crippen molar-refractivity contribution in [2.75, 3.05) is 19.9 Å². The van der Waals surface area contributed by atoms with E-state index in [0.717, 1.165) is 51.0 Å². The van der Waals surface area contributed by atoms with Crippen molar-refractivity contribution in [1.29, 1.82) is 0 Å². The fourth-order valence-corrected chi connectivity index (χ4v) is 5.66. The van der Waals surface area contributed by atoms with Crippen LogP contribution in [0.5, 0.6) is 0 Å². The van der Waals surface area contributed by atoms with E-state index in [2.05, 4.69) is 25.0 Å². The summed E-state index contributed by atoms with van der Waals surface area (Å²) >= 11 is 0. The van der Waals surface area contributed by atoms with Gasteiger partial charge in [0.1, 0.15) is 17.9 Å². The molecule has 2 aliphatic carbocycles. The molecule has 1 N–H and O–H groups in total. The fraction of sp³-hybridized carbons (Fsp3) is 0.875. The van der Waals surface area contributed by atoms with Crippen molar-refractivity contribution >= 4 is 26.1 Å². The summed E-state index contributed by atoms with van der Waals surface area (Å²) in [5.41, 5.74) is -1.16. The molecular weight excluding hydrogens is 438 g/mol. The number of ether oxygens (including phenoxy) is 2. The topological polar surface area (TPSA) is 88.2 Å². The van der Waals surface area contributed by atoms with Crippen molar-refractivity contribution in [2.24, 2.45) is 5.92 Å². The highest BCUT2D eigenvalue weighted by Crippen LogP contribution is 2.45. The van der Waals surface area contributed by atoms with E-state index in [1.165, 1.54) is 4.90 Å². The number of imide groups is 1. The lowest BCUT2D eigenvalue weighted by Gasteiger charge is -2.44. The number of nitrogens with zero attached hydrogens (tertiary/aromatic N) is 2. The molecule has 3 rings (SSSR count). The minimum atomic E-state index is -1.22. The van der Waals surface area contributed by atoms with Crippen LogP contribution in [-0.2, 0) is 14.3 Å². The second-order valence-electron chi connectivity index (χ2n) is 12.2. The van der Waals surface area contributed by atoms with E-state index in [9.17, 15) is 14.4 Å². The van der Waals surface area contributed by atoms with E-state index >= 15 is 0 Å². The Hall–Kier alpha value is -1.61. The number of hydrogen-bond donors (Lipinski definition) is 1. The molecular formula is C24H43N3O5Si. The summed E-state index contributed by atoms with van der Waals surface area (Å²) in [6.07, 6.45) is 5.66. The number of carbonyl (C=O) groups excluding carboxylic acids is 3. The highest BCUT2D eigenvalue weighted by atomic mass is 28.3. The van der Waals surface area contributed by atoms with Crippen LogP contribution in [0.3, 0.4) is 0 Å². The molecule has 188 valence electrons. The molecule has 0 atom stereocenters. The number of hydrogen-bond acceptors (Lipinski definition) is 5. The van der Waals surface area contributed by atoms with E-state index in [0.29, 0.717) is 19.1 Å². The van der Waals surface area contributed by atoms with Gasteiger partial charge in [-0.3, -0.25) is 4.79 Å². The van der Waals surface area contributed by atoms with Gasteiger partial charge in [0.05, 0.1) is 0 Å². The second-order valence-corrected chi connectivity index (χ2v) is 17.8. The predicted molar refractivity (Wildman–Crippen MR) is 130 cm³/mol.